The van der Waals surface area contributed by atoms with E-state index in [-0.39, 0.29) is 36.5 Å². The molecule has 0 aliphatic rings. The minimum absolute atomic E-state index is 0.0860. The molecule has 0 bridgehead atoms. The molecule has 20 atom stereocenters. The molecule has 0 saturated carbocycles. The Hall–Kier alpha value is -13.0. The molecule has 55 heteroatoms. The maximum absolute atomic E-state index is 14.7. The molecule has 18 amide bonds. The van der Waals surface area contributed by atoms with Gasteiger partial charge in [0.05, 0.1) is 52.4 Å². The fourth-order valence-electron chi connectivity index (χ4n) is 12.8. The van der Waals surface area contributed by atoms with Gasteiger partial charge in [-0.1, -0.05) is 100 Å². The second-order valence-corrected chi connectivity index (χ2v) is 34.5. The number of nitrogens with two attached hydrogens (primary N) is 1. The fourth-order valence-corrected chi connectivity index (χ4v) is 13.8. The van der Waals surface area contributed by atoms with Crippen molar-refractivity contribution in [1.29, 1.82) is 0 Å². The predicted octanol–water partition coefficient (Wildman–Crippen LogP) is -12.4. The van der Waals surface area contributed by atoms with E-state index in [9.17, 15) is 162 Å². The summed E-state index contributed by atoms with van der Waals surface area (Å²) < 4.78 is 0. The average molecular weight is 2050 g/mol. The van der Waals surface area contributed by atoms with Crippen LogP contribution in [-0.4, -0.2) is 376 Å². The van der Waals surface area contributed by atoms with Crippen LogP contribution in [0.1, 0.15) is 90.3 Å². The first-order valence-electron chi connectivity index (χ1n) is 44.0. The van der Waals surface area contributed by atoms with E-state index >= 15 is 0 Å². The van der Waals surface area contributed by atoms with Gasteiger partial charge in [-0.2, -0.15) is 37.0 Å². The molecule has 0 heterocycles. The van der Waals surface area contributed by atoms with E-state index in [2.05, 4.69) is 116 Å². The maximum atomic E-state index is 14.7. The van der Waals surface area contributed by atoms with E-state index in [4.69, 9.17) is 5.73 Å². The number of benzene rings is 3. The Morgan fingerprint density at radius 3 is 0.872 bits per heavy atom. The number of thioether (sulfide) groups is 1. The van der Waals surface area contributed by atoms with Crippen molar-refractivity contribution in [2.45, 2.75) is 214 Å². The van der Waals surface area contributed by atoms with Gasteiger partial charge < -0.3 is 163 Å². The molecule has 0 saturated heterocycles. The number of aromatic hydroxyl groups is 1. The van der Waals surface area contributed by atoms with Crippen LogP contribution in [0.4, 0.5) is 0 Å². The zero-order chi connectivity index (χ0) is 106. The summed E-state index contributed by atoms with van der Waals surface area (Å²) in [6.07, 6.45) is -4.69. The lowest BCUT2D eigenvalue weighted by Gasteiger charge is -2.29. The summed E-state index contributed by atoms with van der Waals surface area (Å²) in [5.74, 6) is -28.8. The molecule has 0 aliphatic heterocycles. The van der Waals surface area contributed by atoms with Gasteiger partial charge in [0.25, 0.3) is 0 Å². The fraction of sp³-hybridized carbons (Fsp3) is 0.547. The van der Waals surface area contributed by atoms with Crippen LogP contribution in [0.25, 0.3) is 0 Å². The number of aliphatic hydroxyl groups is 8. The third-order valence-electron chi connectivity index (χ3n) is 21.0. The average Bonchev–Trinajstić information content (AvgIpc) is 0.847. The summed E-state index contributed by atoms with van der Waals surface area (Å²) in [6, 6.07) is -12.8. The van der Waals surface area contributed by atoms with Gasteiger partial charge in [-0.25, -0.2) is 4.79 Å². The molecule has 0 aliphatic carbocycles. The van der Waals surface area contributed by atoms with Gasteiger partial charge in [-0.3, -0.25) is 95.9 Å². The number of amides is 18. The molecule has 0 fully saturated rings. The largest absolute Gasteiger partial charge is 0.508 e. The van der Waals surface area contributed by atoms with Crippen molar-refractivity contribution in [3.63, 3.8) is 0 Å². The summed E-state index contributed by atoms with van der Waals surface area (Å²) >= 11 is 9.34. The molecule has 0 unspecified atom stereocenters. The van der Waals surface area contributed by atoms with Gasteiger partial charge in [-0.15, -0.1) is 0 Å². The number of aliphatic carboxylic acids is 3. The van der Waals surface area contributed by atoms with Gasteiger partial charge >= 0.3 is 17.9 Å². The lowest BCUT2D eigenvalue weighted by atomic mass is 10.0. The number of thiol groups is 2. The number of phenols is 1. The number of rotatable bonds is 64. The predicted molar refractivity (Wildman–Crippen MR) is 504 cm³/mol. The summed E-state index contributed by atoms with van der Waals surface area (Å²) in [5.41, 5.74) is 6.56. The van der Waals surface area contributed by atoms with E-state index in [0.717, 1.165) is 25.6 Å². The minimum atomic E-state index is -2.05. The van der Waals surface area contributed by atoms with Crippen LogP contribution in [0.3, 0.4) is 0 Å². The highest BCUT2D eigenvalue weighted by molar-refractivity contribution is 7.98. The Balaban J connectivity index is 1.84. The molecular formula is C86H127N19O33S3. The van der Waals surface area contributed by atoms with Crippen LogP contribution in [0.5, 0.6) is 5.75 Å². The number of hydrogen-bond acceptors (Lipinski definition) is 34. The van der Waals surface area contributed by atoms with Crippen LogP contribution in [0.15, 0.2) is 84.9 Å². The van der Waals surface area contributed by atoms with E-state index in [1.54, 1.807) is 54.8 Å². The zero-order valence-corrected chi connectivity index (χ0v) is 80.4. The highest BCUT2D eigenvalue weighted by atomic mass is 32.2. The van der Waals surface area contributed by atoms with Crippen LogP contribution >= 0.6 is 37.0 Å². The summed E-state index contributed by atoms with van der Waals surface area (Å²) in [7, 11) is 0. The van der Waals surface area contributed by atoms with E-state index in [0.29, 0.717) is 16.7 Å². The normalized spacial score (nSPS) is 15.4. The first-order chi connectivity index (χ1) is 66.6. The van der Waals surface area contributed by atoms with Crippen molar-refractivity contribution < 1.29 is 162 Å². The van der Waals surface area contributed by atoms with Gasteiger partial charge in [0.2, 0.25) is 106 Å². The molecule has 0 spiro atoms. The third-order valence-corrected chi connectivity index (χ3v) is 22.4. The number of carbonyl (C=O) groups excluding carboxylic acids is 18. The Kier molecular flexibility index (Phi) is 54.5. The molecule has 0 aromatic heterocycles. The van der Waals surface area contributed by atoms with Crippen molar-refractivity contribution in [3.8, 4) is 5.75 Å². The number of phenolic OH excluding ortho intramolecular Hbond substituents is 1. The molecule has 0 radical (unpaired) electrons. The van der Waals surface area contributed by atoms with Gasteiger partial charge in [0.15, 0.2) is 0 Å². The Bertz CT molecular complexity index is 4730. The van der Waals surface area contributed by atoms with Crippen molar-refractivity contribution in [1.82, 2.24) is 95.7 Å². The highest BCUT2D eigenvalue weighted by Gasteiger charge is 2.42. The van der Waals surface area contributed by atoms with Crippen molar-refractivity contribution in [2.75, 3.05) is 69.8 Å². The monoisotopic (exact) mass is 2050 g/mol. The molecule has 32 N–H and O–H groups in total. The maximum Gasteiger partial charge on any atom is 0.328 e. The smallest absolute Gasteiger partial charge is 0.328 e. The molecule has 3 aromatic carbocycles. The Morgan fingerprint density at radius 1 is 0.298 bits per heavy atom. The topological polar surface area (TPSA) is 844 Å². The van der Waals surface area contributed by atoms with Crippen LogP contribution in [-0.2, 0) is 120 Å². The number of aliphatic hydroxyl groups excluding tert-OH is 8. The quantitative estimate of drug-likeness (QED) is 0.0233. The van der Waals surface area contributed by atoms with Crippen LogP contribution in [0, 0.1) is 11.8 Å². The molecule has 3 aromatic rings. The van der Waals surface area contributed by atoms with Crippen molar-refractivity contribution in [2.24, 2.45) is 17.6 Å². The van der Waals surface area contributed by atoms with E-state index < -0.39 is 341 Å². The molecule has 52 nitrogen and oxygen atoms in total. The van der Waals surface area contributed by atoms with E-state index in [1.165, 1.54) is 64.1 Å². The Labute approximate surface area is 823 Å². The van der Waals surface area contributed by atoms with Crippen molar-refractivity contribution in [3.05, 3.63) is 102 Å². The first kappa shape index (κ1) is 122. The van der Waals surface area contributed by atoms with Gasteiger partial charge in [-0.05, 0) is 85.8 Å². The first-order valence-corrected chi connectivity index (χ1v) is 46.7. The molecular weight excluding hydrogens is 1920 g/mol. The summed E-state index contributed by atoms with van der Waals surface area (Å²) in [6.45, 7) is 0.123. The number of nitrogens with one attached hydrogen (secondary N) is 18. The SMILES string of the molecule is CSCC[C@H](NC(=O)[C@H](CCC(=O)O)NC(=O)[C@H](CO)NC(=O)[C@@H](NC(=O)[C@H](CCC(=O)O)NC(=O)[C@H](Cc1ccccc1)NC(=O)[C@H](CO)NC(=O)[C@H](CO)NC(=O)[C@H](CS)NC(=O)[C@@H](N)CO)C(C)C)C(=O)N[C@@H](Cc1ccccc1)C(=O)N[C@H](C(=O)N[C@@H](CS)C(=O)N[C@@H](C)C(=O)N[C@H](C(=O)N[C@@H](CO)C(=O)N[C@@H](CO)C(=O)N[C@@H](Cc1ccc(O)cc1)C(=O)N[C@@H](CO)C(=O)O)C(C)C)[C@@H](C)O. The standard InChI is InChI=1S/C86H127N19O33S3/c1-40(2)65(83(134)99-59(36-111)80(131)96-56(33-108)78(129)94-53(30-46-18-20-47(114)21-19-46)74(125)100-60(37-112)86(137)138)103-68(119)42(5)88-81(132)61(38-139)102-85(136)67(43(6)113)105-75(126)54(29-45-16-12-9-13-17-45)92-71(122)51(26-27-141-7)91-70(121)49(22-24-63(115)116)90-76(127)58(35-110)98-84(135)66(41(3)4)104-72(123)50(23-25-64(117)118)89-73(124)52(28-44-14-10-8-11-15-44)93-77(128)55(32-107)95-79(130)57(34-109)97-82(133)62(39-140)101-69(120)48(87)31-106/h8-21,40-43,48-62,65-67,106-114,139-140H,22-39,87H2,1-7H3,(H,88,132)(H,89,124)(H,90,127)(H,91,121)(H,92,122)(H,93,128)(H,94,129)(H,95,130)(H,96,131)(H,97,133)(H,98,135)(H,99,134)(H,100,125)(H,101,120)(H,102,136)(H,103,119)(H,104,123)(H,105,126)(H,115,116)(H,117,118)(H,137,138)/t42-,43+,48-,49-,50-,51-,52-,53-,54-,55-,56-,57-,58-,59-,60-,61-,62-,65-,66-,67-/m0/s1. The lowest BCUT2D eigenvalue weighted by Crippen LogP contribution is -2.63. The molecule has 3 rings (SSSR count). The van der Waals surface area contributed by atoms with E-state index in [1.807, 2.05) is 5.32 Å². The lowest BCUT2D eigenvalue weighted by molar-refractivity contribution is -0.143. The highest BCUT2D eigenvalue weighted by Crippen LogP contribution is 2.17. The number of carboxylic acids is 3. The molecule has 782 valence electrons. The Morgan fingerprint density at radius 2 is 0.553 bits per heavy atom. The number of hydrogen-bond donors (Lipinski definition) is 33. The van der Waals surface area contributed by atoms with Crippen molar-refractivity contribution >= 4 is 161 Å². The van der Waals surface area contributed by atoms with Crippen LogP contribution in [0.2, 0.25) is 0 Å². The number of carboxylic acid groups (broad SMARTS) is 3. The second-order valence-electron chi connectivity index (χ2n) is 32.8. The summed E-state index contributed by atoms with van der Waals surface area (Å²) in [4.78, 5) is 285. The minimum Gasteiger partial charge on any atom is -0.508 e. The summed E-state index contributed by atoms with van der Waals surface area (Å²) in [5, 5.41) is 161. The molecule has 141 heavy (non-hydrogen) atoms. The van der Waals surface area contributed by atoms with Crippen LogP contribution < -0.4 is 101 Å². The zero-order valence-electron chi connectivity index (χ0n) is 77.8. The third kappa shape index (κ3) is 42.2. The van der Waals surface area contributed by atoms with Gasteiger partial charge in [0, 0.05) is 43.6 Å². The van der Waals surface area contributed by atoms with Gasteiger partial charge in [0.1, 0.15) is 121 Å². The second kappa shape index (κ2) is 62.9. The number of carbonyl (C=O) groups is 21.